The molecule has 5 aromatic rings. The van der Waals surface area contributed by atoms with Crippen LogP contribution in [0.15, 0.2) is 138 Å². The van der Waals surface area contributed by atoms with Crippen LogP contribution in [0.4, 0.5) is 11.4 Å². The van der Waals surface area contributed by atoms with Crippen LogP contribution in [0.2, 0.25) is 0 Å². The second kappa shape index (κ2) is 17.0. The summed E-state index contributed by atoms with van der Waals surface area (Å²) < 4.78 is 5.91. The zero-order valence-electron chi connectivity index (χ0n) is 27.7. The Hall–Kier alpha value is -5.60. The molecule has 0 spiro atoms. The number of rotatable bonds is 13. The largest absolute Gasteiger partial charge is 0.489 e. The summed E-state index contributed by atoms with van der Waals surface area (Å²) in [5, 5.41) is 8.44. The van der Waals surface area contributed by atoms with E-state index in [-0.39, 0.29) is 16.9 Å². The molecule has 1 atom stereocenters. The van der Waals surface area contributed by atoms with Gasteiger partial charge in [0.2, 0.25) is 5.91 Å². The molecule has 0 saturated heterocycles. The molecule has 3 N–H and O–H groups in total. The van der Waals surface area contributed by atoms with Crippen molar-refractivity contribution in [1.29, 1.82) is 0 Å². The van der Waals surface area contributed by atoms with Gasteiger partial charge in [0.1, 0.15) is 18.1 Å². The number of hydrogen-bond acceptors (Lipinski definition) is 5. The Morgan fingerprint density at radius 1 is 0.776 bits per heavy atom. The van der Waals surface area contributed by atoms with Gasteiger partial charge < -0.3 is 20.7 Å². The molecule has 0 aliphatic carbocycles. The van der Waals surface area contributed by atoms with E-state index in [1.807, 2.05) is 118 Å². The highest BCUT2D eigenvalue weighted by Gasteiger charge is 2.20. The molecule has 0 bridgehead atoms. The number of nitrogens with one attached hydrogen (secondary N) is 3. The molecule has 5 rings (SSSR count). The summed E-state index contributed by atoms with van der Waals surface area (Å²) in [7, 11) is 0. The number of hydrogen-bond donors (Lipinski definition) is 3. The fourth-order valence-corrected chi connectivity index (χ4v) is 5.94. The predicted octanol–water partition coefficient (Wildman–Crippen LogP) is 8.80. The summed E-state index contributed by atoms with van der Waals surface area (Å²) in [4.78, 5) is 40.9. The van der Waals surface area contributed by atoms with Gasteiger partial charge >= 0.3 is 0 Å². The number of thioether (sulfide) groups is 1. The molecule has 0 fully saturated rings. The van der Waals surface area contributed by atoms with Gasteiger partial charge in [-0.05, 0) is 97.1 Å². The SMILES string of the molecule is CCC(Sc1cccc(NC(=O)/C(=C\c2ccc(OCc3ccccc3)cc2)NC(=O)c2ccccc2)c1)C(=O)Nc1cc(C)ccc1C. The number of benzene rings is 5. The highest BCUT2D eigenvalue weighted by Crippen LogP contribution is 2.29. The van der Waals surface area contributed by atoms with Gasteiger partial charge in [-0.25, -0.2) is 0 Å². The first-order valence-corrected chi connectivity index (χ1v) is 17.0. The lowest BCUT2D eigenvalue weighted by molar-refractivity contribution is -0.116. The number of ether oxygens (including phenoxy) is 1. The molecule has 248 valence electrons. The zero-order valence-corrected chi connectivity index (χ0v) is 28.6. The summed E-state index contributed by atoms with van der Waals surface area (Å²) in [5.74, 6) is -0.297. The van der Waals surface area contributed by atoms with Crippen molar-refractivity contribution in [3.63, 3.8) is 0 Å². The third kappa shape index (κ3) is 10.2. The second-order valence-electron chi connectivity index (χ2n) is 11.5. The highest BCUT2D eigenvalue weighted by molar-refractivity contribution is 8.00. The zero-order chi connectivity index (χ0) is 34.6. The molecule has 0 aliphatic heterocycles. The Bertz CT molecular complexity index is 1930. The van der Waals surface area contributed by atoms with Gasteiger partial charge in [-0.1, -0.05) is 85.8 Å². The average Bonchev–Trinajstić information content (AvgIpc) is 3.12. The van der Waals surface area contributed by atoms with Crippen molar-refractivity contribution in [2.24, 2.45) is 0 Å². The number of aryl methyl sites for hydroxylation is 2. The van der Waals surface area contributed by atoms with E-state index in [0.717, 1.165) is 27.3 Å². The molecule has 0 radical (unpaired) electrons. The van der Waals surface area contributed by atoms with Gasteiger partial charge in [0.05, 0.1) is 5.25 Å². The highest BCUT2D eigenvalue weighted by atomic mass is 32.2. The van der Waals surface area contributed by atoms with E-state index in [9.17, 15) is 14.4 Å². The van der Waals surface area contributed by atoms with Crippen molar-refractivity contribution in [2.45, 2.75) is 43.9 Å². The standard InChI is InChI=1S/C41H39N3O4S/c1-4-38(41(47)43-36-24-28(2)18-19-29(36)3)49-35-17-11-16-33(26-35)42-40(46)37(44-39(45)32-14-9-6-10-15-32)25-30-20-22-34(23-21-30)48-27-31-12-7-5-8-13-31/h5-26,38H,4,27H2,1-3H3,(H,42,46)(H,43,47)(H,44,45)/b37-25+. The minimum Gasteiger partial charge on any atom is -0.489 e. The Morgan fingerprint density at radius 3 is 2.20 bits per heavy atom. The Balaban J connectivity index is 1.30. The number of carbonyl (C=O) groups excluding carboxylic acids is 3. The van der Waals surface area contributed by atoms with Gasteiger partial charge in [-0.2, -0.15) is 0 Å². The second-order valence-corrected chi connectivity index (χ2v) is 12.8. The van der Waals surface area contributed by atoms with E-state index in [4.69, 9.17) is 4.74 Å². The summed E-state index contributed by atoms with van der Waals surface area (Å²) in [5.41, 5.74) is 5.67. The van der Waals surface area contributed by atoms with Crippen LogP contribution in [0.5, 0.6) is 5.75 Å². The third-order valence-electron chi connectivity index (χ3n) is 7.65. The van der Waals surface area contributed by atoms with Gasteiger partial charge in [0, 0.05) is 21.8 Å². The Kier molecular flexibility index (Phi) is 12.0. The van der Waals surface area contributed by atoms with Crippen LogP contribution in [-0.2, 0) is 16.2 Å². The molecule has 7 nitrogen and oxygen atoms in total. The average molecular weight is 670 g/mol. The molecule has 0 saturated carbocycles. The van der Waals surface area contributed by atoms with Crippen LogP contribution in [0.25, 0.3) is 6.08 Å². The van der Waals surface area contributed by atoms with Gasteiger partial charge in [-0.3, -0.25) is 14.4 Å². The molecule has 49 heavy (non-hydrogen) atoms. The molecule has 8 heteroatoms. The predicted molar refractivity (Wildman–Crippen MR) is 199 cm³/mol. The summed E-state index contributed by atoms with van der Waals surface area (Å²) in [6, 6.07) is 39.2. The van der Waals surface area contributed by atoms with Crippen LogP contribution in [0.1, 0.15) is 46.0 Å². The molecule has 5 aromatic carbocycles. The minimum atomic E-state index is -0.490. The van der Waals surface area contributed by atoms with Crippen molar-refractivity contribution in [2.75, 3.05) is 10.6 Å². The number of carbonyl (C=O) groups is 3. The quantitative estimate of drug-likeness (QED) is 0.0860. The van der Waals surface area contributed by atoms with Crippen LogP contribution < -0.4 is 20.7 Å². The van der Waals surface area contributed by atoms with E-state index >= 15 is 0 Å². The molecule has 0 aliphatic rings. The summed E-state index contributed by atoms with van der Waals surface area (Å²) in [6.07, 6.45) is 2.24. The molecule has 0 aromatic heterocycles. The topological polar surface area (TPSA) is 96.5 Å². The third-order valence-corrected chi connectivity index (χ3v) is 9.01. The lowest BCUT2D eigenvalue weighted by Gasteiger charge is -2.17. The molecular formula is C41H39N3O4S. The van der Waals surface area contributed by atoms with Crippen molar-refractivity contribution in [3.8, 4) is 5.75 Å². The summed E-state index contributed by atoms with van der Waals surface area (Å²) in [6.45, 7) is 6.37. The minimum absolute atomic E-state index is 0.0733. The van der Waals surface area contributed by atoms with Crippen molar-refractivity contribution >= 4 is 46.9 Å². The van der Waals surface area contributed by atoms with Gasteiger partial charge in [0.25, 0.3) is 11.8 Å². The van der Waals surface area contributed by atoms with Crippen LogP contribution in [0.3, 0.4) is 0 Å². The van der Waals surface area contributed by atoms with Crippen LogP contribution in [-0.4, -0.2) is 23.0 Å². The van der Waals surface area contributed by atoms with Crippen LogP contribution in [0, 0.1) is 13.8 Å². The molecule has 1 unspecified atom stereocenters. The number of amides is 3. The first-order chi connectivity index (χ1) is 23.8. The first kappa shape index (κ1) is 34.7. The lowest BCUT2D eigenvalue weighted by Crippen LogP contribution is -2.30. The fourth-order valence-electron chi connectivity index (χ4n) is 4.93. The van der Waals surface area contributed by atoms with E-state index < -0.39 is 11.8 Å². The van der Waals surface area contributed by atoms with E-state index in [1.54, 1.807) is 36.4 Å². The van der Waals surface area contributed by atoms with E-state index in [2.05, 4.69) is 16.0 Å². The van der Waals surface area contributed by atoms with Crippen LogP contribution >= 0.6 is 11.8 Å². The van der Waals surface area contributed by atoms with Gasteiger partial charge in [-0.15, -0.1) is 11.8 Å². The number of anilines is 2. The lowest BCUT2D eigenvalue weighted by atomic mass is 10.1. The summed E-state index contributed by atoms with van der Waals surface area (Å²) >= 11 is 1.43. The monoisotopic (exact) mass is 669 g/mol. The maximum atomic E-state index is 13.7. The first-order valence-electron chi connectivity index (χ1n) is 16.1. The normalized spacial score (nSPS) is 11.7. The van der Waals surface area contributed by atoms with Crippen molar-refractivity contribution in [3.05, 3.63) is 161 Å². The van der Waals surface area contributed by atoms with E-state index in [0.29, 0.717) is 35.6 Å². The molecule has 0 heterocycles. The molecular weight excluding hydrogens is 631 g/mol. The smallest absolute Gasteiger partial charge is 0.272 e. The van der Waals surface area contributed by atoms with E-state index in [1.165, 1.54) is 11.8 Å². The molecule has 3 amide bonds. The maximum absolute atomic E-state index is 13.7. The fraction of sp³-hybridized carbons (Fsp3) is 0.146. The Morgan fingerprint density at radius 2 is 1.49 bits per heavy atom. The van der Waals surface area contributed by atoms with Crippen molar-refractivity contribution in [1.82, 2.24) is 5.32 Å². The van der Waals surface area contributed by atoms with Gasteiger partial charge in [0.15, 0.2) is 0 Å². The maximum Gasteiger partial charge on any atom is 0.272 e. The van der Waals surface area contributed by atoms with Crippen molar-refractivity contribution < 1.29 is 19.1 Å². The Labute approximate surface area is 291 Å².